The number of nitrogens with zero attached hydrogens (tertiary/aromatic N) is 1. The van der Waals surface area contributed by atoms with E-state index >= 15 is 0 Å². The van der Waals surface area contributed by atoms with Crippen LogP contribution in [-0.4, -0.2) is 10.4 Å². The number of halogens is 1. The van der Waals surface area contributed by atoms with Gasteiger partial charge in [0.15, 0.2) is 5.78 Å². The fraction of sp³-hybridized carbons (Fsp3) is 0.500. The molecule has 0 atom stereocenters. The Labute approximate surface area is 87.1 Å². The minimum atomic E-state index is -0.314. The number of Topliss-reactive ketones (excluding diaryl/α,β-unsaturated/α-hetero) is 1. The summed E-state index contributed by atoms with van der Waals surface area (Å²) < 4.78 is 2.79. The van der Waals surface area contributed by atoms with Crippen LogP contribution in [0.3, 0.4) is 0 Å². The lowest BCUT2D eigenvalue weighted by atomic mass is 9.89. The standard InChI is InChI=1S/C10H14BrNO/c1-10(2,3)9(13)7-5-6-8(11)12(7)4/h5-6H,1-4H3. The van der Waals surface area contributed by atoms with Crippen molar-refractivity contribution in [3.63, 3.8) is 0 Å². The Morgan fingerprint density at radius 3 is 2.23 bits per heavy atom. The SMILES string of the molecule is Cn1c(Br)ccc1C(=O)C(C)(C)C. The van der Waals surface area contributed by atoms with Crippen molar-refractivity contribution in [3.05, 3.63) is 22.4 Å². The highest BCUT2D eigenvalue weighted by molar-refractivity contribution is 9.10. The van der Waals surface area contributed by atoms with Crippen LogP contribution in [0.15, 0.2) is 16.7 Å². The molecular weight excluding hydrogens is 230 g/mol. The molecule has 0 bridgehead atoms. The Bertz CT molecular complexity index is 333. The molecule has 1 aromatic rings. The predicted octanol–water partition coefficient (Wildman–Crippen LogP) is 3.02. The maximum Gasteiger partial charge on any atom is 0.184 e. The van der Waals surface area contributed by atoms with Crippen LogP contribution in [0.1, 0.15) is 31.3 Å². The molecule has 2 nitrogen and oxygen atoms in total. The summed E-state index contributed by atoms with van der Waals surface area (Å²) in [5, 5.41) is 0. The molecule has 1 rings (SSSR count). The van der Waals surface area contributed by atoms with E-state index in [1.807, 2.05) is 44.5 Å². The van der Waals surface area contributed by atoms with E-state index in [2.05, 4.69) is 15.9 Å². The van der Waals surface area contributed by atoms with Gasteiger partial charge >= 0.3 is 0 Å². The van der Waals surface area contributed by atoms with Crippen LogP contribution in [0.2, 0.25) is 0 Å². The molecule has 0 aliphatic rings. The lowest BCUT2D eigenvalue weighted by Gasteiger charge is -2.16. The Morgan fingerprint density at radius 2 is 1.92 bits per heavy atom. The Hall–Kier alpha value is -0.570. The molecule has 0 unspecified atom stereocenters. The first kappa shape index (κ1) is 10.5. The number of carbonyl (C=O) groups is 1. The first-order chi connectivity index (χ1) is 5.84. The fourth-order valence-electron chi connectivity index (χ4n) is 1.10. The van der Waals surface area contributed by atoms with Gasteiger partial charge in [-0.15, -0.1) is 0 Å². The molecule has 72 valence electrons. The van der Waals surface area contributed by atoms with Crippen LogP contribution in [0, 0.1) is 5.41 Å². The zero-order valence-electron chi connectivity index (χ0n) is 8.39. The number of hydrogen-bond donors (Lipinski definition) is 0. The summed E-state index contributed by atoms with van der Waals surface area (Å²) in [5.74, 6) is 0.167. The van der Waals surface area contributed by atoms with E-state index < -0.39 is 0 Å². The van der Waals surface area contributed by atoms with E-state index in [4.69, 9.17) is 0 Å². The van der Waals surface area contributed by atoms with Gasteiger partial charge in [0.05, 0.1) is 10.3 Å². The van der Waals surface area contributed by atoms with Crippen LogP contribution in [0.25, 0.3) is 0 Å². The summed E-state index contributed by atoms with van der Waals surface area (Å²) in [6.07, 6.45) is 0. The number of hydrogen-bond acceptors (Lipinski definition) is 1. The van der Waals surface area contributed by atoms with E-state index in [1.165, 1.54) is 0 Å². The van der Waals surface area contributed by atoms with Crippen molar-refractivity contribution in [3.8, 4) is 0 Å². The molecule has 0 aliphatic carbocycles. The molecule has 1 heterocycles. The van der Waals surface area contributed by atoms with Crippen LogP contribution >= 0.6 is 15.9 Å². The normalized spacial score (nSPS) is 11.8. The molecule has 0 saturated heterocycles. The number of aromatic nitrogens is 1. The van der Waals surface area contributed by atoms with Crippen molar-refractivity contribution in [2.45, 2.75) is 20.8 Å². The van der Waals surface area contributed by atoms with Gasteiger partial charge in [0, 0.05) is 12.5 Å². The van der Waals surface area contributed by atoms with Gasteiger partial charge in [0.2, 0.25) is 0 Å². The third kappa shape index (κ3) is 2.02. The van der Waals surface area contributed by atoms with Gasteiger partial charge < -0.3 is 4.57 Å². The third-order valence-electron chi connectivity index (χ3n) is 1.97. The van der Waals surface area contributed by atoms with E-state index in [9.17, 15) is 4.79 Å². The molecule has 0 spiro atoms. The summed E-state index contributed by atoms with van der Waals surface area (Å²) in [5.41, 5.74) is 0.435. The summed E-state index contributed by atoms with van der Waals surface area (Å²) in [6, 6.07) is 3.73. The molecule has 0 aromatic carbocycles. The number of carbonyl (C=O) groups excluding carboxylic acids is 1. The van der Waals surface area contributed by atoms with Crippen molar-refractivity contribution < 1.29 is 4.79 Å². The second-order valence-electron chi connectivity index (χ2n) is 4.18. The van der Waals surface area contributed by atoms with Gasteiger partial charge in [-0.2, -0.15) is 0 Å². The fourth-order valence-corrected chi connectivity index (χ4v) is 1.42. The Morgan fingerprint density at radius 1 is 1.38 bits per heavy atom. The third-order valence-corrected chi connectivity index (χ3v) is 2.77. The topological polar surface area (TPSA) is 22.0 Å². The smallest absolute Gasteiger partial charge is 0.184 e. The van der Waals surface area contributed by atoms with Gasteiger partial charge in [-0.3, -0.25) is 4.79 Å². The van der Waals surface area contributed by atoms with Crippen LogP contribution in [-0.2, 0) is 7.05 Å². The van der Waals surface area contributed by atoms with Gasteiger partial charge in [-0.05, 0) is 28.1 Å². The lowest BCUT2D eigenvalue weighted by molar-refractivity contribution is 0.0849. The zero-order chi connectivity index (χ0) is 10.2. The molecule has 3 heteroatoms. The van der Waals surface area contributed by atoms with Crippen LogP contribution in [0.5, 0.6) is 0 Å². The van der Waals surface area contributed by atoms with Gasteiger partial charge in [-0.25, -0.2) is 0 Å². The molecule has 0 fully saturated rings. The first-order valence-corrected chi connectivity index (χ1v) is 4.99. The summed E-state index contributed by atoms with van der Waals surface area (Å²) in [4.78, 5) is 11.9. The second-order valence-corrected chi connectivity index (χ2v) is 4.99. The lowest BCUT2D eigenvalue weighted by Crippen LogP contribution is -2.22. The largest absolute Gasteiger partial charge is 0.336 e. The highest BCUT2D eigenvalue weighted by atomic mass is 79.9. The zero-order valence-corrected chi connectivity index (χ0v) is 9.97. The second kappa shape index (κ2) is 3.29. The molecule has 13 heavy (non-hydrogen) atoms. The first-order valence-electron chi connectivity index (χ1n) is 4.20. The highest BCUT2D eigenvalue weighted by Crippen LogP contribution is 2.23. The maximum atomic E-state index is 11.9. The van der Waals surface area contributed by atoms with Crippen molar-refractivity contribution in [1.29, 1.82) is 0 Å². The average molecular weight is 244 g/mol. The molecule has 0 saturated carbocycles. The van der Waals surface area contributed by atoms with Crippen molar-refractivity contribution >= 4 is 21.7 Å². The molecule has 1 aromatic heterocycles. The van der Waals surface area contributed by atoms with Crippen molar-refractivity contribution in [1.82, 2.24) is 4.57 Å². The molecular formula is C10H14BrNO. The van der Waals surface area contributed by atoms with E-state index in [0.717, 1.165) is 10.3 Å². The monoisotopic (exact) mass is 243 g/mol. The van der Waals surface area contributed by atoms with Crippen molar-refractivity contribution in [2.75, 3.05) is 0 Å². The average Bonchev–Trinajstić information content (AvgIpc) is 2.30. The molecule has 0 aliphatic heterocycles. The maximum absolute atomic E-state index is 11.9. The predicted molar refractivity (Wildman–Crippen MR) is 56.9 cm³/mol. The van der Waals surface area contributed by atoms with E-state index in [-0.39, 0.29) is 11.2 Å². The quantitative estimate of drug-likeness (QED) is 0.696. The summed E-state index contributed by atoms with van der Waals surface area (Å²) in [6.45, 7) is 5.78. The van der Waals surface area contributed by atoms with E-state index in [0.29, 0.717) is 0 Å². The Balaban J connectivity index is 3.10. The number of ketones is 1. The number of rotatable bonds is 1. The minimum absolute atomic E-state index is 0.167. The summed E-state index contributed by atoms with van der Waals surface area (Å²) >= 11 is 3.36. The van der Waals surface area contributed by atoms with Gasteiger partial charge in [-0.1, -0.05) is 20.8 Å². The molecule has 0 amide bonds. The van der Waals surface area contributed by atoms with E-state index in [1.54, 1.807) is 0 Å². The summed E-state index contributed by atoms with van der Waals surface area (Å²) in [7, 11) is 1.88. The van der Waals surface area contributed by atoms with Gasteiger partial charge in [0.25, 0.3) is 0 Å². The van der Waals surface area contributed by atoms with Gasteiger partial charge in [0.1, 0.15) is 0 Å². The van der Waals surface area contributed by atoms with Crippen LogP contribution in [0.4, 0.5) is 0 Å². The molecule has 0 N–H and O–H groups in total. The molecule has 0 radical (unpaired) electrons. The Kier molecular flexibility index (Phi) is 2.66. The van der Waals surface area contributed by atoms with Crippen molar-refractivity contribution in [2.24, 2.45) is 12.5 Å². The van der Waals surface area contributed by atoms with Crippen LogP contribution < -0.4 is 0 Å². The minimum Gasteiger partial charge on any atom is -0.336 e. The highest BCUT2D eigenvalue weighted by Gasteiger charge is 2.25.